The predicted octanol–water partition coefficient (Wildman–Crippen LogP) is 0.762. The van der Waals surface area contributed by atoms with E-state index in [1.54, 1.807) is 18.2 Å². The van der Waals surface area contributed by atoms with Gasteiger partial charge in [-0.15, -0.1) is 0 Å². The maximum Gasteiger partial charge on any atom is 0.251 e. The molecule has 1 aromatic rings. The highest BCUT2D eigenvalue weighted by molar-refractivity contribution is 7.89. The smallest absolute Gasteiger partial charge is 0.251 e. The third-order valence-electron chi connectivity index (χ3n) is 3.64. The Hall–Kier alpha value is -1.44. The molecule has 1 amide bonds. The molecule has 0 aromatic heterocycles. The molecule has 6 nitrogen and oxygen atoms in total. The number of carbonyl (C=O) groups is 1. The lowest BCUT2D eigenvalue weighted by Crippen LogP contribution is -2.31. The molecule has 1 heterocycles. The van der Waals surface area contributed by atoms with E-state index in [1.807, 2.05) is 19.0 Å². The summed E-state index contributed by atoms with van der Waals surface area (Å²) in [7, 11) is 0.368. The fourth-order valence-electron chi connectivity index (χ4n) is 2.37. The lowest BCUT2D eigenvalue weighted by Gasteiger charge is -2.16. The van der Waals surface area contributed by atoms with Crippen LogP contribution in [0.4, 0.5) is 0 Å². The van der Waals surface area contributed by atoms with Crippen LogP contribution in [0.5, 0.6) is 0 Å². The van der Waals surface area contributed by atoms with Gasteiger partial charge in [0.15, 0.2) is 0 Å². The Morgan fingerprint density at radius 2 is 1.95 bits per heavy atom. The third-order valence-corrected chi connectivity index (χ3v) is 5.54. The minimum absolute atomic E-state index is 0.189. The van der Waals surface area contributed by atoms with Crippen LogP contribution in [-0.4, -0.2) is 63.8 Å². The Morgan fingerprint density at radius 1 is 1.27 bits per heavy atom. The molecule has 7 heteroatoms. The molecule has 2 rings (SSSR count). The van der Waals surface area contributed by atoms with E-state index in [-0.39, 0.29) is 10.8 Å². The highest BCUT2D eigenvalue weighted by Crippen LogP contribution is 2.21. The SMILES string of the molecule is CN(C)CCNC(=O)c1cccc(S(=O)(=O)N2CCCC2)c1. The van der Waals surface area contributed by atoms with Crippen LogP contribution in [-0.2, 0) is 10.0 Å². The first-order chi connectivity index (χ1) is 10.4. The van der Waals surface area contributed by atoms with Gasteiger partial charge in [0.05, 0.1) is 4.90 Å². The van der Waals surface area contributed by atoms with Crippen molar-refractivity contribution in [1.82, 2.24) is 14.5 Å². The van der Waals surface area contributed by atoms with Crippen LogP contribution in [0.15, 0.2) is 29.2 Å². The van der Waals surface area contributed by atoms with Crippen molar-refractivity contribution in [2.24, 2.45) is 0 Å². The topological polar surface area (TPSA) is 69.7 Å². The minimum atomic E-state index is -3.48. The molecule has 1 saturated heterocycles. The number of likely N-dealkylation sites (N-methyl/N-ethyl adjacent to an activating group) is 1. The molecule has 0 atom stereocenters. The van der Waals surface area contributed by atoms with Gasteiger partial charge in [-0.05, 0) is 45.1 Å². The van der Waals surface area contributed by atoms with Gasteiger partial charge in [-0.3, -0.25) is 4.79 Å². The average Bonchev–Trinajstić information content (AvgIpc) is 3.02. The summed E-state index contributed by atoms with van der Waals surface area (Å²) in [5.74, 6) is -0.250. The molecule has 1 aromatic carbocycles. The van der Waals surface area contributed by atoms with Gasteiger partial charge in [-0.2, -0.15) is 4.31 Å². The summed E-state index contributed by atoms with van der Waals surface area (Å²) in [4.78, 5) is 14.2. The molecule has 0 saturated carbocycles. The Kier molecular flexibility index (Phi) is 5.55. The number of hydrogen-bond donors (Lipinski definition) is 1. The highest BCUT2D eigenvalue weighted by atomic mass is 32.2. The van der Waals surface area contributed by atoms with Crippen LogP contribution in [0, 0.1) is 0 Å². The van der Waals surface area contributed by atoms with E-state index in [9.17, 15) is 13.2 Å². The van der Waals surface area contributed by atoms with Gasteiger partial charge in [0.1, 0.15) is 0 Å². The van der Waals surface area contributed by atoms with Crippen LogP contribution >= 0.6 is 0 Å². The fraction of sp³-hybridized carbons (Fsp3) is 0.533. The van der Waals surface area contributed by atoms with Crippen molar-refractivity contribution >= 4 is 15.9 Å². The first kappa shape index (κ1) is 16.9. The van der Waals surface area contributed by atoms with E-state index < -0.39 is 10.0 Å². The highest BCUT2D eigenvalue weighted by Gasteiger charge is 2.27. The van der Waals surface area contributed by atoms with E-state index in [0.29, 0.717) is 25.2 Å². The van der Waals surface area contributed by atoms with E-state index in [4.69, 9.17) is 0 Å². The molecular formula is C15H23N3O3S. The lowest BCUT2D eigenvalue weighted by atomic mass is 10.2. The van der Waals surface area contributed by atoms with Crippen molar-refractivity contribution in [3.63, 3.8) is 0 Å². The molecule has 0 aliphatic carbocycles. The van der Waals surface area contributed by atoms with Gasteiger partial charge in [0, 0.05) is 31.7 Å². The first-order valence-corrected chi connectivity index (χ1v) is 8.88. The number of hydrogen-bond acceptors (Lipinski definition) is 4. The summed E-state index contributed by atoms with van der Waals surface area (Å²) in [6, 6.07) is 6.25. The Balaban J connectivity index is 2.11. The molecule has 1 aliphatic heterocycles. The average molecular weight is 325 g/mol. The molecule has 0 unspecified atom stereocenters. The van der Waals surface area contributed by atoms with Crippen molar-refractivity contribution in [3.8, 4) is 0 Å². The van der Waals surface area contributed by atoms with Crippen LogP contribution in [0.3, 0.4) is 0 Å². The molecule has 22 heavy (non-hydrogen) atoms. The first-order valence-electron chi connectivity index (χ1n) is 7.44. The van der Waals surface area contributed by atoms with Crippen molar-refractivity contribution in [2.45, 2.75) is 17.7 Å². The standard InChI is InChI=1S/C15H23N3O3S/c1-17(2)11-8-16-15(19)13-6-5-7-14(12-13)22(20,21)18-9-3-4-10-18/h5-7,12H,3-4,8-11H2,1-2H3,(H,16,19). The quantitative estimate of drug-likeness (QED) is 0.838. The largest absolute Gasteiger partial charge is 0.351 e. The normalized spacial score (nSPS) is 16.1. The van der Waals surface area contributed by atoms with Gasteiger partial charge >= 0.3 is 0 Å². The molecule has 1 aliphatic rings. The number of benzene rings is 1. The number of carbonyl (C=O) groups excluding carboxylic acids is 1. The third kappa shape index (κ3) is 4.06. The van der Waals surface area contributed by atoms with Gasteiger partial charge < -0.3 is 10.2 Å². The van der Waals surface area contributed by atoms with Crippen molar-refractivity contribution < 1.29 is 13.2 Å². The van der Waals surface area contributed by atoms with Crippen LogP contribution in [0.2, 0.25) is 0 Å². The second kappa shape index (κ2) is 7.21. The van der Waals surface area contributed by atoms with Crippen molar-refractivity contribution in [3.05, 3.63) is 29.8 Å². The Bertz CT molecular complexity index is 623. The number of rotatable bonds is 6. The predicted molar refractivity (Wildman–Crippen MR) is 85.3 cm³/mol. The zero-order valence-electron chi connectivity index (χ0n) is 13.1. The Labute approximate surface area is 132 Å². The zero-order chi connectivity index (χ0) is 16.2. The second-order valence-corrected chi connectivity index (χ2v) is 7.64. The number of amides is 1. The maximum absolute atomic E-state index is 12.5. The summed E-state index contributed by atoms with van der Waals surface area (Å²) in [5, 5.41) is 2.79. The van der Waals surface area contributed by atoms with E-state index in [2.05, 4.69) is 5.32 Å². The van der Waals surface area contributed by atoms with Gasteiger partial charge in [0.2, 0.25) is 10.0 Å². The van der Waals surface area contributed by atoms with Crippen molar-refractivity contribution in [1.29, 1.82) is 0 Å². The molecule has 1 fully saturated rings. The van der Waals surface area contributed by atoms with Gasteiger partial charge in [-0.25, -0.2) is 8.42 Å². The van der Waals surface area contributed by atoms with Crippen LogP contribution in [0.1, 0.15) is 23.2 Å². The van der Waals surface area contributed by atoms with Crippen LogP contribution in [0.25, 0.3) is 0 Å². The number of sulfonamides is 1. The van der Waals surface area contributed by atoms with E-state index in [0.717, 1.165) is 19.4 Å². The van der Waals surface area contributed by atoms with E-state index in [1.165, 1.54) is 10.4 Å². The molecule has 0 spiro atoms. The summed E-state index contributed by atoms with van der Waals surface area (Å²) in [6.07, 6.45) is 1.79. The van der Waals surface area contributed by atoms with Crippen LogP contribution < -0.4 is 5.32 Å². The van der Waals surface area contributed by atoms with Gasteiger partial charge in [0.25, 0.3) is 5.91 Å². The fourth-order valence-corrected chi connectivity index (χ4v) is 3.93. The maximum atomic E-state index is 12.5. The Morgan fingerprint density at radius 3 is 2.59 bits per heavy atom. The van der Waals surface area contributed by atoms with E-state index >= 15 is 0 Å². The monoisotopic (exact) mass is 325 g/mol. The van der Waals surface area contributed by atoms with Crippen molar-refractivity contribution in [2.75, 3.05) is 40.3 Å². The number of nitrogens with one attached hydrogen (secondary N) is 1. The van der Waals surface area contributed by atoms with Gasteiger partial charge in [-0.1, -0.05) is 6.07 Å². The molecule has 1 N–H and O–H groups in total. The number of nitrogens with zero attached hydrogens (tertiary/aromatic N) is 2. The molecular weight excluding hydrogens is 302 g/mol. The minimum Gasteiger partial charge on any atom is -0.351 e. The zero-order valence-corrected chi connectivity index (χ0v) is 13.9. The second-order valence-electron chi connectivity index (χ2n) is 5.70. The summed E-state index contributed by atoms with van der Waals surface area (Å²) < 4.78 is 26.5. The molecule has 0 bridgehead atoms. The molecule has 122 valence electrons. The summed E-state index contributed by atoms with van der Waals surface area (Å²) >= 11 is 0. The summed E-state index contributed by atoms with van der Waals surface area (Å²) in [5.41, 5.74) is 0.374. The lowest BCUT2D eigenvalue weighted by molar-refractivity contribution is 0.0951. The molecule has 0 radical (unpaired) electrons. The summed E-state index contributed by atoms with van der Waals surface area (Å²) in [6.45, 7) is 2.37.